The smallest absolute Gasteiger partial charge is 0.306 e. The van der Waals surface area contributed by atoms with Gasteiger partial charge in [0, 0.05) is 12.8 Å². The van der Waals surface area contributed by atoms with Gasteiger partial charge in [-0.25, -0.2) is 0 Å². The lowest BCUT2D eigenvalue weighted by Crippen LogP contribution is -2.37. The molecule has 0 aliphatic rings. The molecule has 0 fully saturated rings. The Morgan fingerprint density at radius 3 is 1.91 bits per heavy atom. The van der Waals surface area contributed by atoms with Gasteiger partial charge < -0.3 is 33.0 Å². The molecule has 3 atom stereocenters. The molecule has 1 N–H and O–H groups in total. The molecule has 0 saturated carbocycles. The van der Waals surface area contributed by atoms with Crippen LogP contribution in [-0.4, -0.2) is 81.2 Å². The van der Waals surface area contributed by atoms with Crippen LogP contribution in [0.25, 0.3) is 0 Å². The van der Waals surface area contributed by atoms with Crippen LogP contribution < -0.4 is 4.89 Å². The van der Waals surface area contributed by atoms with Crippen molar-refractivity contribution in [2.45, 2.75) is 161 Å². The van der Waals surface area contributed by atoms with E-state index in [9.17, 15) is 24.2 Å². The molecule has 0 heterocycles. The molecule has 0 aromatic carbocycles. The fourth-order valence-electron chi connectivity index (χ4n) is 5.17. The SMILES string of the molecule is CCCCC/C=C\C/C=C\C/C=C\C=C\[C@@H](O)CCCC(=O)OC[C@H](COP(=O)([O-])OCC[N+](C)(C)C)OC(=O)CCCCCCCCCCCCC. The summed E-state index contributed by atoms with van der Waals surface area (Å²) in [6, 6.07) is 0. The zero-order valence-electron chi connectivity index (χ0n) is 34.1. The number of nitrogens with zero attached hydrogens (tertiary/aromatic N) is 1. The molecule has 53 heavy (non-hydrogen) atoms. The molecule has 0 aliphatic carbocycles. The van der Waals surface area contributed by atoms with E-state index in [4.69, 9.17) is 18.5 Å². The number of hydrogen-bond acceptors (Lipinski definition) is 9. The number of unbranched alkanes of at least 4 members (excludes halogenated alkanes) is 13. The van der Waals surface area contributed by atoms with Crippen LogP contribution in [0.15, 0.2) is 48.6 Å². The summed E-state index contributed by atoms with van der Waals surface area (Å²) < 4.78 is 33.6. The minimum atomic E-state index is -4.66. The lowest BCUT2D eigenvalue weighted by Gasteiger charge is -2.28. The maximum absolute atomic E-state index is 12.6. The summed E-state index contributed by atoms with van der Waals surface area (Å²) in [5.41, 5.74) is 0. The lowest BCUT2D eigenvalue weighted by molar-refractivity contribution is -0.870. The Labute approximate surface area is 323 Å². The second-order valence-electron chi connectivity index (χ2n) is 14.9. The predicted octanol–water partition coefficient (Wildman–Crippen LogP) is 9.47. The molecule has 0 spiro atoms. The number of rotatable bonds is 36. The summed E-state index contributed by atoms with van der Waals surface area (Å²) in [5.74, 6) is -1.04. The number of carbonyl (C=O) groups is 2. The number of phosphoric acid groups is 1. The first kappa shape index (κ1) is 50.9. The van der Waals surface area contributed by atoms with Gasteiger partial charge >= 0.3 is 11.9 Å². The number of quaternary nitrogens is 1. The van der Waals surface area contributed by atoms with Gasteiger partial charge in [0.25, 0.3) is 7.82 Å². The van der Waals surface area contributed by atoms with Gasteiger partial charge in [-0.05, 0) is 44.9 Å². The van der Waals surface area contributed by atoms with Crippen LogP contribution in [-0.2, 0) is 32.7 Å². The second-order valence-corrected chi connectivity index (χ2v) is 16.3. The Morgan fingerprint density at radius 2 is 1.26 bits per heavy atom. The lowest BCUT2D eigenvalue weighted by atomic mass is 10.1. The fourth-order valence-corrected chi connectivity index (χ4v) is 5.90. The van der Waals surface area contributed by atoms with Crippen molar-refractivity contribution in [1.82, 2.24) is 0 Å². The van der Waals surface area contributed by atoms with Crippen LogP contribution in [0.4, 0.5) is 0 Å². The normalized spacial score (nSPS) is 14.8. The first-order chi connectivity index (χ1) is 25.4. The van der Waals surface area contributed by atoms with Crippen molar-refractivity contribution >= 4 is 19.8 Å². The number of aliphatic hydroxyl groups excluding tert-OH is 1. The average Bonchev–Trinajstić information content (AvgIpc) is 3.09. The van der Waals surface area contributed by atoms with E-state index in [2.05, 4.69) is 38.2 Å². The number of esters is 2. The Kier molecular flexibility index (Phi) is 33.1. The van der Waals surface area contributed by atoms with Crippen molar-refractivity contribution < 1.29 is 47.2 Å². The van der Waals surface area contributed by atoms with Gasteiger partial charge in [0.1, 0.15) is 19.8 Å². The van der Waals surface area contributed by atoms with E-state index in [1.165, 1.54) is 64.2 Å². The number of allylic oxidation sites excluding steroid dienone is 7. The Morgan fingerprint density at radius 1 is 0.698 bits per heavy atom. The van der Waals surface area contributed by atoms with E-state index in [1.807, 2.05) is 33.3 Å². The molecule has 0 aliphatic heterocycles. The van der Waals surface area contributed by atoms with Gasteiger partial charge in [-0.3, -0.25) is 14.2 Å². The van der Waals surface area contributed by atoms with Crippen LogP contribution in [0.3, 0.4) is 0 Å². The van der Waals surface area contributed by atoms with Crippen LogP contribution in [0.2, 0.25) is 0 Å². The minimum absolute atomic E-state index is 0.0487. The van der Waals surface area contributed by atoms with Gasteiger partial charge in [0.15, 0.2) is 6.10 Å². The third kappa shape index (κ3) is 38.0. The average molecular weight is 770 g/mol. The maximum atomic E-state index is 12.6. The number of carbonyl (C=O) groups excluding carboxylic acids is 2. The number of phosphoric ester groups is 1. The highest BCUT2D eigenvalue weighted by Gasteiger charge is 2.21. The first-order valence-corrected chi connectivity index (χ1v) is 21.9. The second kappa shape index (κ2) is 34.4. The van der Waals surface area contributed by atoms with E-state index < -0.39 is 38.6 Å². The highest BCUT2D eigenvalue weighted by molar-refractivity contribution is 7.45. The Hall–Kier alpha value is -2.07. The van der Waals surface area contributed by atoms with Crippen LogP contribution in [0.1, 0.15) is 149 Å². The Balaban J connectivity index is 4.60. The summed E-state index contributed by atoms with van der Waals surface area (Å²) in [6.07, 6.45) is 34.6. The molecular formula is C42H76NO9P. The molecule has 0 radical (unpaired) electrons. The van der Waals surface area contributed by atoms with Crippen molar-refractivity contribution in [2.24, 2.45) is 0 Å². The molecule has 11 heteroatoms. The van der Waals surface area contributed by atoms with Gasteiger partial charge in [-0.2, -0.15) is 0 Å². The zero-order valence-corrected chi connectivity index (χ0v) is 35.0. The summed E-state index contributed by atoms with van der Waals surface area (Å²) in [6.45, 7) is 3.94. The standard InChI is InChI=1S/C42H76NO9P/c1-6-8-10-12-14-16-18-19-21-22-24-26-28-31-39(44)32-30-34-41(45)49-37-40(38-51-53(47,48)50-36-35-43(3,4)5)52-42(46)33-29-27-25-23-20-17-15-13-11-9-7-2/h14,16,19,21,24,26,28,31,39-40,44H,6-13,15,17-18,20,22-23,25,27,29-30,32-38H2,1-5H3/b16-14-,21-19-,26-24-,31-28+/t39-,40-/m1/s1. The van der Waals surface area contributed by atoms with Gasteiger partial charge in [0.2, 0.25) is 0 Å². The van der Waals surface area contributed by atoms with Crippen molar-refractivity contribution in [1.29, 1.82) is 0 Å². The van der Waals surface area contributed by atoms with Gasteiger partial charge in [0.05, 0.1) is 33.9 Å². The molecular weight excluding hydrogens is 693 g/mol. The highest BCUT2D eigenvalue weighted by atomic mass is 31.2. The number of aliphatic hydroxyl groups is 1. The monoisotopic (exact) mass is 770 g/mol. The molecule has 1 unspecified atom stereocenters. The molecule has 0 rings (SSSR count). The van der Waals surface area contributed by atoms with Crippen LogP contribution in [0, 0.1) is 0 Å². The quantitative estimate of drug-likeness (QED) is 0.0165. The van der Waals surface area contributed by atoms with Crippen LogP contribution in [0.5, 0.6) is 0 Å². The molecule has 0 bridgehead atoms. The molecule has 0 aromatic heterocycles. The minimum Gasteiger partial charge on any atom is -0.756 e. The largest absolute Gasteiger partial charge is 0.756 e. The molecule has 308 valence electrons. The van der Waals surface area contributed by atoms with E-state index in [0.29, 0.717) is 30.3 Å². The van der Waals surface area contributed by atoms with Crippen molar-refractivity contribution in [3.8, 4) is 0 Å². The first-order valence-electron chi connectivity index (χ1n) is 20.5. The molecule has 0 amide bonds. The molecule has 0 saturated heterocycles. The fraction of sp³-hybridized carbons (Fsp3) is 0.762. The number of hydrogen-bond donors (Lipinski definition) is 1. The summed E-state index contributed by atoms with van der Waals surface area (Å²) in [4.78, 5) is 37.4. The third-order valence-corrected chi connectivity index (χ3v) is 9.42. The van der Waals surface area contributed by atoms with E-state index in [1.54, 1.807) is 12.2 Å². The maximum Gasteiger partial charge on any atom is 0.306 e. The van der Waals surface area contributed by atoms with Gasteiger partial charge in [-0.1, -0.05) is 140 Å². The van der Waals surface area contributed by atoms with E-state index in [0.717, 1.165) is 38.5 Å². The zero-order chi connectivity index (χ0) is 39.5. The topological polar surface area (TPSA) is 131 Å². The van der Waals surface area contributed by atoms with Gasteiger partial charge in [-0.15, -0.1) is 0 Å². The summed E-state index contributed by atoms with van der Waals surface area (Å²) in [7, 11) is 1.06. The number of ether oxygens (including phenoxy) is 2. The van der Waals surface area contributed by atoms with Crippen molar-refractivity contribution in [2.75, 3.05) is 47.5 Å². The molecule has 0 aromatic rings. The van der Waals surface area contributed by atoms with E-state index >= 15 is 0 Å². The third-order valence-electron chi connectivity index (χ3n) is 8.46. The van der Waals surface area contributed by atoms with E-state index in [-0.39, 0.29) is 26.1 Å². The summed E-state index contributed by atoms with van der Waals surface area (Å²) >= 11 is 0. The number of likely N-dealkylation sites (N-methyl/N-ethyl adjacent to an activating group) is 1. The summed E-state index contributed by atoms with van der Waals surface area (Å²) in [5, 5.41) is 10.3. The highest BCUT2D eigenvalue weighted by Crippen LogP contribution is 2.38. The van der Waals surface area contributed by atoms with Crippen LogP contribution >= 0.6 is 7.82 Å². The van der Waals surface area contributed by atoms with Crippen molar-refractivity contribution in [3.05, 3.63) is 48.6 Å². The van der Waals surface area contributed by atoms with Crippen molar-refractivity contribution in [3.63, 3.8) is 0 Å². The Bertz CT molecular complexity index is 1070. The predicted molar refractivity (Wildman–Crippen MR) is 214 cm³/mol. The molecule has 10 nitrogen and oxygen atoms in total.